The third-order valence-corrected chi connectivity index (χ3v) is 2.99. The Labute approximate surface area is 96.2 Å². The molecule has 86 valence electrons. The van der Waals surface area contributed by atoms with Crippen molar-refractivity contribution < 1.29 is 4.79 Å². The Morgan fingerprint density at radius 1 is 1.80 bits per heavy atom. The van der Waals surface area contributed by atoms with Gasteiger partial charge in [0.2, 0.25) is 5.91 Å². The summed E-state index contributed by atoms with van der Waals surface area (Å²) in [5, 5.41) is 2.88. The summed E-state index contributed by atoms with van der Waals surface area (Å²) in [5.41, 5.74) is 5.53. The molecule has 1 aliphatic rings. The number of piperazine rings is 1. The monoisotopic (exact) mass is 229 g/mol. The molecule has 1 amide bonds. The fourth-order valence-electron chi connectivity index (χ4n) is 2.09. The van der Waals surface area contributed by atoms with Crippen molar-refractivity contribution in [1.82, 2.24) is 10.2 Å². The zero-order valence-corrected chi connectivity index (χ0v) is 10.1. The average Bonchev–Trinajstić information content (AvgIpc) is 2.16. The van der Waals surface area contributed by atoms with E-state index in [0.29, 0.717) is 11.4 Å². The van der Waals surface area contributed by atoms with E-state index in [1.807, 2.05) is 6.92 Å². The van der Waals surface area contributed by atoms with Gasteiger partial charge >= 0.3 is 0 Å². The summed E-state index contributed by atoms with van der Waals surface area (Å²) in [4.78, 5) is 14.3. The lowest BCUT2D eigenvalue weighted by molar-refractivity contribution is -0.130. The molecule has 0 radical (unpaired) electrons. The number of nitrogens with one attached hydrogen (secondary N) is 1. The van der Waals surface area contributed by atoms with E-state index in [1.165, 1.54) is 0 Å². The van der Waals surface area contributed by atoms with Crippen LogP contribution in [0.3, 0.4) is 0 Å². The molecule has 2 unspecified atom stereocenters. The lowest BCUT2D eigenvalue weighted by Crippen LogP contribution is -2.58. The standard InChI is InChI=1S/C10H19N3OS/c1-3-8-10(14)12-4-5-13(8)7(2)6-9(11)15/h7-8H,3-6H2,1-2H3,(H2,11,15)(H,12,14). The van der Waals surface area contributed by atoms with E-state index >= 15 is 0 Å². The second-order valence-corrected chi connectivity index (χ2v) is 4.50. The summed E-state index contributed by atoms with van der Waals surface area (Å²) in [5.74, 6) is 0.124. The van der Waals surface area contributed by atoms with Crippen LogP contribution < -0.4 is 11.1 Å². The molecule has 1 fully saturated rings. The number of nitrogens with two attached hydrogens (primary N) is 1. The van der Waals surface area contributed by atoms with Crippen molar-refractivity contribution in [2.45, 2.75) is 38.8 Å². The number of hydrogen-bond acceptors (Lipinski definition) is 3. The first-order valence-corrected chi connectivity index (χ1v) is 5.78. The Bertz CT molecular complexity index is 257. The van der Waals surface area contributed by atoms with E-state index in [9.17, 15) is 4.79 Å². The highest BCUT2D eigenvalue weighted by Gasteiger charge is 2.31. The Kier molecular flexibility index (Phi) is 4.47. The lowest BCUT2D eigenvalue weighted by Gasteiger charge is -2.38. The van der Waals surface area contributed by atoms with E-state index < -0.39 is 0 Å². The number of thiocarbonyl (C=S) groups is 1. The van der Waals surface area contributed by atoms with Crippen molar-refractivity contribution in [3.8, 4) is 0 Å². The second kappa shape index (κ2) is 5.42. The SMILES string of the molecule is CCC1C(=O)NCCN1C(C)CC(N)=S. The van der Waals surface area contributed by atoms with Crippen LogP contribution in [-0.4, -0.2) is 41.0 Å². The van der Waals surface area contributed by atoms with E-state index in [4.69, 9.17) is 18.0 Å². The van der Waals surface area contributed by atoms with Crippen LogP contribution in [0.4, 0.5) is 0 Å². The molecule has 0 spiro atoms. The number of hydrogen-bond donors (Lipinski definition) is 2. The van der Waals surface area contributed by atoms with Crippen LogP contribution in [0.2, 0.25) is 0 Å². The molecule has 0 aliphatic carbocycles. The quantitative estimate of drug-likeness (QED) is 0.679. The molecule has 1 heterocycles. The molecule has 5 heteroatoms. The number of carbonyl (C=O) groups is 1. The van der Waals surface area contributed by atoms with Crippen molar-refractivity contribution in [1.29, 1.82) is 0 Å². The van der Waals surface area contributed by atoms with Gasteiger partial charge in [0, 0.05) is 25.6 Å². The maximum atomic E-state index is 11.6. The Balaban J connectivity index is 2.64. The smallest absolute Gasteiger partial charge is 0.237 e. The van der Waals surface area contributed by atoms with Crippen LogP contribution in [0.1, 0.15) is 26.7 Å². The predicted molar refractivity (Wildman–Crippen MR) is 64.7 cm³/mol. The minimum absolute atomic E-state index is 0.0249. The minimum Gasteiger partial charge on any atom is -0.393 e. The first kappa shape index (κ1) is 12.4. The lowest BCUT2D eigenvalue weighted by atomic mass is 10.1. The Morgan fingerprint density at radius 2 is 2.47 bits per heavy atom. The molecule has 1 saturated heterocycles. The third-order valence-electron chi connectivity index (χ3n) is 2.82. The molecule has 1 aliphatic heterocycles. The predicted octanol–water partition coefficient (Wildman–Crippen LogP) is 0.262. The van der Waals surface area contributed by atoms with Gasteiger partial charge in [0.25, 0.3) is 0 Å². The fraction of sp³-hybridized carbons (Fsp3) is 0.800. The minimum atomic E-state index is -0.0249. The van der Waals surface area contributed by atoms with Crippen molar-refractivity contribution >= 4 is 23.1 Å². The number of nitrogens with zero attached hydrogens (tertiary/aromatic N) is 1. The highest BCUT2D eigenvalue weighted by Crippen LogP contribution is 2.14. The molecule has 4 nitrogen and oxygen atoms in total. The van der Waals surface area contributed by atoms with Crippen LogP contribution in [0.25, 0.3) is 0 Å². The van der Waals surface area contributed by atoms with Gasteiger partial charge in [0.05, 0.1) is 11.0 Å². The van der Waals surface area contributed by atoms with Gasteiger partial charge in [-0.15, -0.1) is 0 Å². The van der Waals surface area contributed by atoms with Gasteiger partial charge in [-0.25, -0.2) is 0 Å². The van der Waals surface area contributed by atoms with Crippen LogP contribution in [0.15, 0.2) is 0 Å². The summed E-state index contributed by atoms with van der Waals surface area (Å²) in [6.07, 6.45) is 1.51. The number of carbonyl (C=O) groups excluding carboxylic acids is 1. The van der Waals surface area contributed by atoms with E-state index in [1.54, 1.807) is 0 Å². The molecule has 3 N–H and O–H groups in total. The van der Waals surface area contributed by atoms with Crippen LogP contribution in [0.5, 0.6) is 0 Å². The molecule has 0 aromatic carbocycles. The van der Waals surface area contributed by atoms with Gasteiger partial charge in [-0.1, -0.05) is 19.1 Å². The van der Waals surface area contributed by atoms with Gasteiger partial charge in [0.15, 0.2) is 0 Å². The van der Waals surface area contributed by atoms with Crippen LogP contribution >= 0.6 is 12.2 Å². The third kappa shape index (κ3) is 3.14. The summed E-state index contributed by atoms with van der Waals surface area (Å²) in [6.45, 7) is 5.70. The summed E-state index contributed by atoms with van der Waals surface area (Å²) in [7, 11) is 0. The summed E-state index contributed by atoms with van der Waals surface area (Å²) in [6, 6.07) is 0.224. The van der Waals surface area contributed by atoms with Gasteiger partial charge in [-0.3, -0.25) is 9.69 Å². The maximum Gasteiger partial charge on any atom is 0.237 e. The normalized spacial score (nSPS) is 24.7. The molecule has 0 aromatic rings. The molecular weight excluding hydrogens is 210 g/mol. The second-order valence-electron chi connectivity index (χ2n) is 3.97. The number of amides is 1. The first-order chi connectivity index (χ1) is 7.06. The van der Waals surface area contributed by atoms with E-state index in [2.05, 4.69) is 17.1 Å². The molecule has 15 heavy (non-hydrogen) atoms. The Morgan fingerprint density at radius 3 is 3.00 bits per heavy atom. The highest BCUT2D eigenvalue weighted by molar-refractivity contribution is 7.80. The maximum absolute atomic E-state index is 11.6. The van der Waals surface area contributed by atoms with Gasteiger partial charge in [-0.2, -0.15) is 0 Å². The zero-order valence-electron chi connectivity index (χ0n) is 9.32. The summed E-state index contributed by atoms with van der Waals surface area (Å²) >= 11 is 4.90. The molecular formula is C10H19N3OS. The fourth-order valence-corrected chi connectivity index (χ4v) is 2.33. The average molecular weight is 229 g/mol. The Hall–Kier alpha value is -0.680. The molecule has 0 bridgehead atoms. The van der Waals surface area contributed by atoms with Gasteiger partial charge in [0.1, 0.15) is 0 Å². The first-order valence-electron chi connectivity index (χ1n) is 5.38. The topological polar surface area (TPSA) is 58.4 Å². The molecule has 0 saturated carbocycles. The van der Waals surface area contributed by atoms with Gasteiger partial charge in [-0.05, 0) is 13.3 Å². The molecule has 1 rings (SSSR count). The van der Waals surface area contributed by atoms with Crippen molar-refractivity contribution in [3.63, 3.8) is 0 Å². The van der Waals surface area contributed by atoms with E-state index in [-0.39, 0.29) is 18.0 Å². The van der Waals surface area contributed by atoms with Crippen LogP contribution in [-0.2, 0) is 4.79 Å². The van der Waals surface area contributed by atoms with Crippen molar-refractivity contribution in [2.75, 3.05) is 13.1 Å². The highest BCUT2D eigenvalue weighted by atomic mass is 32.1. The number of rotatable bonds is 4. The van der Waals surface area contributed by atoms with Crippen molar-refractivity contribution in [2.24, 2.45) is 5.73 Å². The summed E-state index contributed by atoms with van der Waals surface area (Å²) < 4.78 is 0. The molecule has 0 aromatic heterocycles. The van der Waals surface area contributed by atoms with E-state index in [0.717, 1.165) is 19.5 Å². The largest absolute Gasteiger partial charge is 0.393 e. The molecule has 2 atom stereocenters. The van der Waals surface area contributed by atoms with Gasteiger partial charge < -0.3 is 11.1 Å². The zero-order chi connectivity index (χ0) is 11.4. The van der Waals surface area contributed by atoms with Crippen LogP contribution in [0, 0.1) is 0 Å². The van der Waals surface area contributed by atoms with Crippen molar-refractivity contribution in [3.05, 3.63) is 0 Å².